The molecule has 0 saturated carbocycles. The molecule has 0 aromatic heterocycles. The number of hydrogen-bond donors (Lipinski definition) is 1. The number of carboxylic acid groups (broad SMARTS) is 1. The van der Waals surface area contributed by atoms with E-state index in [9.17, 15) is 9.59 Å². The maximum atomic E-state index is 12.2. The van der Waals surface area contributed by atoms with Crippen LogP contribution in [0.5, 0.6) is 5.75 Å². The first-order valence-corrected chi connectivity index (χ1v) is 6.85. The Balaban J connectivity index is 1.91. The molecule has 0 radical (unpaired) electrons. The number of amides is 1. The summed E-state index contributed by atoms with van der Waals surface area (Å²) in [7, 11) is 1.60. The van der Waals surface area contributed by atoms with Crippen molar-refractivity contribution < 1.29 is 24.2 Å². The molecule has 6 nitrogen and oxygen atoms in total. The predicted molar refractivity (Wildman–Crippen MR) is 75.3 cm³/mol. The Bertz CT molecular complexity index is 499. The van der Waals surface area contributed by atoms with E-state index in [4.69, 9.17) is 14.6 Å². The van der Waals surface area contributed by atoms with Crippen LogP contribution in [-0.2, 0) is 20.7 Å². The molecule has 0 aliphatic carbocycles. The Hall–Kier alpha value is -2.08. The van der Waals surface area contributed by atoms with Crippen molar-refractivity contribution in [2.45, 2.75) is 18.9 Å². The van der Waals surface area contributed by atoms with E-state index in [2.05, 4.69) is 0 Å². The molecule has 114 valence electrons. The van der Waals surface area contributed by atoms with Crippen LogP contribution >= 0.6 is 0 Å². The van der Waals surface area contributed by atoms with Crippen LogP contribution in [0.4, 0.5) is 0 Å². The van der Waals surface area contributed by atoms with E-state index in [-0.39, 0.29) is 18.9 Å². The molecule has 6 heteroatoms. The van der Waals surface area contributed by atoms with Crippen LogP contribution < -0.4 is 4.74 Å². The monoisotopic (exact) mass is 293 g/mol. The van der Waals surface area contributed by atoms with Gasteiger partial charge >= 0.3 is 5.97 Å². The highest BCUT2D eigenvalue weighted by molar-refractivity contribution is 5.84. The lowest BCUT2D eigenvalue weighted by Gasteiger charge is -2.32. The molecule has 1 aliphatic rings. The zero-order valence-corrected chi connectivity index (χ0v) is 11.9. The lowest BCUT2D eigenvalue weighted by molar-refractivity contribution is -0.158. The molecule has 1 N–H and O–H groups in total. The van der Waals surface area contributed by atoms with Crippen LogP contribution in [0.25, 0.3) is 0 Å². The van der Waals surface area contributed by atoms with Gasteiger partial charge in [-0.15, -0.1) is 0 Å². The molecule has 1 aromatic carbocycles. The van der Waals surface area contributed by atoms with Crippen molar-refractivity contribution in [1.29, 1.82) is 0 Å². The third kappa shape index (κ3) is 3.95. The third-order valence-corrected chi connectivity index (χ3v) is 3.52. The molecule has 1 aromatic rings. The average Bonchev–Trinajstić information content (AvgIpc) is 2.53. The second-order valence-electron chi connectivity index (χ2n) is 4.86. The molecule has 0 bridgehead atoms. The minimum absolute atomic E-state index is 0.0591. The number of aliphatic carboxylic acids is 1. The molecule has 1 amide bonds. The minimum atomic E-state index is -1.02. The Morgan fingerprint density at radius 2 is 2.10 bits per heavy atom. The minimum Gasteiger partial charge on any atom is -0.497 e. The maximum Gasteiger partial charge on any atom is 0.328 e. The molecule has 1 heterocycles. The van der Waals surface area contributed by atoms with E-state index in [1.54, 1.807) is 7.11 Å². The fraction of sp³-hybridized carbons (Fsp3) is 0.467. The number of benzene rings is 1. The number of ether oxygens (including phenoxy) is 2. The first-order chi connectivity index (χ1) is 10.1. The van der Waals surface area contributed by atoms with E-state index < -0.39 is 12.0 Å². The third-order valence-electron chi connectivity index (χ3n) is 3.52. The van der Waals surface area contributed by atoms with Crippen LogP contribution in [-0.4, -0.2) is 54.8 Å². The molecule has 1 aliphatic heterocycles. The fourth-order valence-electron chi connectivity index (χ4n) is 2.29. The van der Waals surface area contributed by atoms with Gasteiger partial charge in [0, 0.05) is 13.0 Å². The summed E-state index contributed by atoms with van der Waals surface area (Å²) in [6.45, 7) is 0.778. The molecule has 2 rings (SSSR count). The number of carboxylic acids is 1. The van der Waals surface area contributed by atoms with Gasteiger partial charge in [0.1, 0.15) is 5.75 Å². The molecule has 21 heavy (non-hydrogen) atoms. The molecule has 0 spiro atoms. The first-order valence-electron chi connectivity index (χ1n) is 6.85. The highest BCUT2D eigenvalue weighted by atomic mass is 16.5. The van der Waals surface area contributed by atoms with Crippen molar-refractivity contribution >= 4 is 11.9 Å². The number of carbonyl (C=O) groups excluding carboxylic acids is 1. The van der Waals surface area contributed by atoms with Gasteiger partial charge in [-0.25, -0.2) is 4.79 Å². The average molecular weight is 293 g/mol. The second kappa shape index (κ2) is 7.08. The predicted octanol–water partition coefficient (Wildman–Crippen LogP) is 0.940. The highest BCUT2D eigenvalue weighted by Crippen LogP contribution is 2.14. The van der Waals surface area contributed by atoms with Gasteiger partial charge in [-0.05, 0) is 24.1 Å². The molecule has 1 atom stereocenters. The number of aryl methyl sites for hydroxylation is 1. The van der Waals surface area contributed by atoms with Gasteiger partial charge in [-0.1, -0.05) is 12.1 Å². The van der Waals surface area contributed by atoms with Crippen LogP contribution in [0, 0.1) is 0 Å². The zero-order valence-electron chi connectivity index (χ0n) is 11.9. The quantitative estimate of drug-likeness (QED) is 0.874. The van der Waals surface area contributed by atoms with E-state index in [1.165, 1.54) is 4.90 Å². The first kappa shape index (κ1) is 15.3. The highest BCUT2D eigenvalue weighted by Gasteiger charge is 2.32. The van der Waals surface area contributed by atoms with Gasteiger partial charge in [-0.3, -0.25) is 4.79 Å². The smallest absolute Gasteiger partial charge is 0.328 e. The Labute approximate surface area is 123 Å². The number of carbonyl (C=O) groups is 2. The summed E-state index contributed by atoms with van der Waals surface area (Å²) in [6, 6.07) is 6.62. The Morgan fingerprint density at radius 3 is 2.71 bits per heavy atom. The summed E-state index contributed by atoms with van der Waals surface area (Å²) in [5, 5.41) is 9.11. The van der Waals surface area contributed by atoms with E-state index in [0.717, 1.165) is 11.3 Å². The summed E-state index contributed by atoms with van der Waals surface area (Å²) in [5.41, 5.74) is 1.02. The lowest BCUT2D eigenvalue weighted by atomic mass is 10.1. The van der Waals surface area contributed by atoms with Crippen LogP contribution in [0.1, 0.15) is 12.0 Å². The van der Waals surface area contributed by atoms with Gasteiger partial charge < -0.3 is 19.5 Å². The van der Waals surface area contributed by atoms with Gasteiger partial charge in [-0.2, -0.15) is 0 Å². The van der Waals surface area contributed by atoms with Crippen LogP contribution in [0.3, 0.4) is 0 Å². The van der Waals surface area contributed by atoms with E-state index >= 15 is 0 Å². The molecule has 1 fully saturated rings. The van der Waals surface area contributed by atoms with Gasteiger partial charge in [0.05, 0.1) is 20.3 Å². The van der Waals surface area contributed by atoms with Gasteiger partial charge in [0.2, 0.25) is 5.91 Å². The standard InChI is InChI=1S/C15H19NO5/c1-20-12-5-2-11(3-6-12)4-7-14(17)16-8-9-21-10-13(16)15(18)19/h2-3,5-6,13H,4,7-10H2,1H3,(H,18,19). The number of morpholine rings is 1. The van der Waals surface area contributed by atoms with Crippen LogP contribution in [0.2, 0.25) is 0 Å². The Kier molecular flexibility index (Phi) is 5.16. The summed E-state index contributed by atoms with van der Waals surface area (Å²) in [6.07, 6.45) is 0.864. The largest absolute Gasteiger partial charge is 0.497 e. The van der Waals surface area contributed by atoms with E-state index in [0.29, 0.717) is 19.6 Å². The van der Waals surface area contributed by atoms with Crippen molar-refractivity contribution in [3.63, 3.8) is 0 Å². The summed E-state index contributed by atoms with van der Waals surface area (Å²) >= 11 is 0. The fourth-order valence-corrected chi connectivity index (χ4v) is 2.29. The van der Waals surface area contributed by atoms with Crippen molar-refractivity contribution in [1.82, 2.24) is 4.90 Å². The summed E-state index contributed by atoms with van der Waals surface area (Å²) < 4.78 is 10.2. The SMILES string of the molecule is COc1ccc(CCC(=O)N2CCOCC2C(=O)O)cc1. The Morgan fingerprint density at radius 1 is 1.38 bits per heavy atom. The topological polar surface area (TPSA) is 76.1 Å². The summed E-state index contributed by atoms with van der Waals surface area (Å²) in [5.74, 6) is -0.404. The van der Waals surface area contributed by atoms with Crippen molar-refractivity contribution in [3.05, 3.63) is 29.8 Å². The molecular weight excluding hydrogens is 274 g/mol. The van der Waals surface area contributed by atoms with Crippen molar-refractivity contribution in [3.8, 4) is 5.75 Å². The number of hydrogen-bond acceptors (Lipinski definition) is 4. The number of methoxy groups -OCH3 is 1. The molecular formula is C15H19NO5. The molecule has 1 saturated heterocycles. The van der Waals surface area contributed by atoms with E-state index in [1.807, 2.05) is 24.3 Å². The second-order valence-corrected chi connectivity index (χ2v) is 4.86. The lowest BCUT2D eigenvalue weighted by Crippen LogP contribution is -2.52. The number of nitrogens with zero attached hydrogens (tertiary/aromatic N) is 1. The van der Waals surface area contributed by atoms with Gasteiger partial charge in [0.25, 0.3) is 0 Å². The summed E-state index contributed by atoms with van der Waals surface area (Å²) in [4.78, 5) is 24.7. The maximum absolute atomic E-state index is 12.2. The molecule has 1 unspecified atom stereocenters. The zero-order chi connectivity index (χ0) is 15.2. The van der Waals surface area contributed by atoms with Crippen LogP contribution in [0.15, 0.2) is 24.3 Å². The number of rotatable bonds is 5. The van der Waals surface area contributed by atoms with Crippen molar-refractivity contribution in [2.75, 3.05) is 26.9 Å². The van der Waals surface area contributed by atoms with Crippen molar-refractivity contribution in [2.24, 2.45) is 0 Å². The van der Waals surface area contributed by atoms with Gasteiger partial charge in [0.15, 0.2) is 6.04 Å². The normalized spacial score (nSPS) is 18.3.